The van der Waals surface area contributed by atoms with Crippen molar-refractivity contribution in [3.63, 3.8) is 0 Å². The highest BCUT2D eigenvalue weighted by atomic mass is 35.5. The van der Waals surface area contributed by atoms with E-state index in [9.17, 15) is 4.79 Å². The van der Waals surface area contributed by atoms with Gasteiger partial charge in [-0.25, -0.2) is 0 Å². The molecule has 0 aromatic heterocycles. The molecule has 1 aliphatic carbocycles. The Morgan fingerprint density at radius 3 is 2.29 bits per heavy atom. The van der Waals surface area contributed by atoms with Crippen molar-refractivity contribution in [3.8, 4) is 0 Å². The van der Waals surface area contributed by atoms with Crippen LogP contribution in [0, 0.1) is 5.41 Å². The zero-order chi connectivity index (χ0) is 18.5. The van der Waals surface area contributed by atoms with E-state index in [0.29, 0.717) is 26.3 Å². The number of ether oxygens (including phenoxy) is 1. The van der Waals surface area contributed by atoms with Gasteiger partial charge in [-0.2, -0.15) is 0 Å². The summed E-state index contributed by atoms with van der Waals surface area (Å²) in [4.78, 5) is 12.9. The van der Waals surface area contributed by atoms with E-state index in [1.807, 2.05) is 6.07 Å². The van der Waals surface area contributed by atoms with Gasteiger partial charge in [0.25, 0.3) is 0 Å². The first-order valence-corrected chi connectivity index (χ1v) is 9.98. The number of halogens is 2. The standard InChI is InChI=1S/C21H33N3O2.2ClH/c1-17(18-7-3-2-4-8-18)24-21(9-5-6-10-21)16-23-19(25)20(15-22)11-13-26-14-12-20;;/h2-4,7-8,17,24H,5-6,9-16,22H2,1H3,(H,23,25);2*1H. The lowest BCUT2D eigenvalue weighted by Gasteiger charge is -2.38. The van der Waals surface area contributed by atoms with Gasteiger partial charge < -0.3 is 21.1 Å². The average molecular weight is 432 g/mol. The quantitative estimate of drug-likeness (QED) is 0.618. The molecular formula is C21H35Cl2N3O2. The highest BCUT2D eigenvalue weighted by Crippen LogP contribution is 2.33. The molecule has 0 bridgehead atoms. The molecule has 5 nitrogen and oxygen atoms in total. The fourth-order valence-electron chi connectivity index (χ4n) is 4.43. The van der Waals surface area contributed by atoms with Crippen LogP contribution in [0.2, 0.25) is 0 Å². The molecule has 1 aliphatic heterocycles. The van der Waals surface area contributed by atoms with Crippen LogP contribution in [-0.2, 0) is 9.53 Å². The minimum absolute atomic E-state index is 0. The molecule has 2 fully saturated rings. The maximum Gasteiger partial charge on any atom is 0.227 e. The molecule has 28 heavy (non-hydrogen) atoms. The van der Waals surface area contributed by atoms with E-state index in [2.05, 4.69) is 41.8 Å². The number of benzene rings is 1. The minimum Gasteiger partial charge on any atom is -0.381 e. The second-order valence-electron chi connectivity index (χ2n) is 8.04. The summed E-state index contributed by atoms with van der Waals surface area (Å²) in [5, 5.41) is 7.07. The van der Waals surface area contributed by atoms with Gasteiger partial charge in [-0.1, -0.05) is 43.2 Å². The van der Waals surface area contributed by atoms with Gasteiger partial charge in [0.2, 0.25) is 5.91 Å². The van der Waals surface area contributed by atoms with Gasteiger partial charge in [0.1, 0.15) is 0 Å². The first kappa shape index (κ1) is 25.2. The van der Waals surface area contributed by atoms with Gasteiger partial charge >= 0.3 is 0 Å². The van der Waals surface area contributed by atoms with Crippen molar-refractivity contribution in [1.82, 2.24) is 10.6 Å². The minimum atomic E-state index is -0.455. The van der Waals surface area contributed by atoms with E-state index in [1.54, 1.807) is 0 Å². The smallest absolute Gasteiger partial charge is 0.227 e. The van der Waals surface area contributed by atoms with Crippen LogP contribution in [0.5, 0.6) is 0 Å². The van der Waals surface area contributed by atoms with Crippen molar-refractivity contribution in [2.45, 2.75) is 57.0 Å². The molecule has 1 aromatic carbocycles. The lowest BCUT2D eigenvalue weighted by molar-refractivity contribution is -0.136. The zero-order valence-corrected chi connectivity index (χ0v) is 18.4. The Kier molecular flexibility index (Phi) is 10.2. The SMILES string of the molecule is CC(NC1(CNC(=O)C2(CN)CCOCC2)CCCC1)c1ccccc1.Cl.Cl. The molecule has 1 atom stereocenters. The molecular weight excluding hydrogens is 397 g/mol. The lowest BCUT2D eigenvalue weighted by atomic mass is 9.79. The summed E-state index contributed by atoms with van der Waals surface area (Å²) < 4.78 is 5.43. The Balaban J connectivity index is 0.00000196. The molecule has 1 heterocycles. The monoisotopic (exact) mass is 431 g/mol. The van der Waals surface area contributed by atoms with Gasteiger partial charge in [-0.3, -0.25) is 4.79 Å². The highest BCUT2D eigenvalue weighted by molar-refractivity contribution is 5.85. The summed E-state index contributed by atoms with van der Waals surface area (Å²) in [6.07, 6.45) is 6.05. The number of nitrogens with two attached hydrogens (primary N) is 1. The van der Waals surface area contributed by atoms with Crippen molar-refractivity contribution in [3.05, 3.63) is 35.9 Å². The first-order valence-electron chi connectivity index (χ1n) is 9.98. The molecule has 0 spiro atoms. The number of carbonyl (C=O) groups excluding carboxylic acids is 1. The first-order chi connectivity index (χ1) is 12.6. The third-order valence-corrected chi connectivity index (χ3v) is 6.29. The number of hydrogen-bond acceptors (Lipinski definition) is 4. The lowest BCUT2D eigenvalue weighted by Crippen LogP contribution is -2.56. The van der Waals surface area contributed by atoms with Gasteiger partial charge in [0.05, 0.1) is 5.41 Å². The largest absolute Gasteiger partial charge is 0.381 e. The molecule has 160 valence electrons. The molecule has 7 heteroatoms. The number of carbonyl (C=O) groups is 1. The summed E-state index contributed by atoms with van der Waals surface area (Å²) in [6, 6.07) is 10.8. The average Bonchev–Trinajstić information content (AvgIpc) is 3.16. The van der Waals surface area contributed by atoms with E-state index < -0.39 is 5.41 Å². The van der Waals surface area contributed by atoms with Gasteiger partial charge in [-0.15, -0.1) is 24.8 Å². The Hall–Kier alpha value is -0.850. The van der Waals surface area contributed by atoms with Crippen LogP contribution >= 0.6 is 24.8 Å². The summed E-state index contributed by atoms with van der Waals surface area (Å²) in [5.41, 5.74) is 6.79. The molecule has 1 saturated heterocycles. The van der Waals surface area contributed by atoms with E-state index in [4.69, 9.17) is 10.5 Å². The van der Waals surface area contributed by atoms with Crippen molar-refractivity contribution < 1.29 is 9.53 Å². The Morgan fingerprint density at radius 1 is 1.11 bits per heavy atom. The van der Waals surface area contributed by atoms with E-state index in [0.717, 1.165) is 25.7 Å². The van der Waals surface area contributed by atoms with Gasteiger partial charge in [0.15, 0.2) is 0 Å². The maximum atomic E-state index is 12.9. The molecule has 0 radical (unpaired) electrons. The Morgan fingerprint density at radius 2 is 1.71 bits per heavy atom. The molecule has 3 rings (SSSR count). The fraction of sp³-hybridized carbons (Fsp3) is 0.667. The fourth-order valence-corrected chi connectivity index (χ4v) is 4.43. The van der Waals surface area contributed by atoms with Crippen LogP contribution in [0.3, 0.4) is 0 Å². The van der Waals surface area contributed by atoms with Crippen molar-refractivity contribution in [2.24, 2.45) is 11.1 Å². The van der Waals surface area contributed by atoms with E-state index in [1.165, 1.54) is 18.4 Å². The van der Waals surface area contributed by atoms with Crippen LogP contribution in [0.4, 0.5) is 0 Å². The number of hydrogen-bond donors (Lipinski definition) is 3. The molecule has 2 aliphatic rings. The molecule has 1 aromatic rings. The van der Waals surface area contributed by atoms with Crippen LogP contribution < -0.4 is 16.4 Å². The summed E-state index contributed by atoms with van der Waals surface area (Å²) in [7, 11) is 0. The summed E-state index contributed by atoms with van der Waals surface area (Å²) in [6.45, 7) is 4.52. The van der Waals surface area contributed by atoms with Crippen LogP contribution in [-0.4, -0.2) is 37.7 Å². The Bertz CT molecular complexity index is 589. The highest BCUT2D eigenvalue weighted by Gasteiger charge is 2.41. The summed E-state index contributed by atoms with van der Waals surface area (Å²) in [5.74, 6) is 0.101. The summed E-state index contributed by atoms with van der Waals surface area (Å²) >= 11 is 0. The Labute approximate surface area is 181 Å². The number of nitrogens with one attached hydrogen (secondary N) is 2. The molecule has 4 N–H and O–H groups in total. The third kappa shape index (κ3) is 5.83. The van der Waals surface area contributed by atoms with Gasteiger partial charge in [-0.05, 0) is 38.2 Å². The normalized spacial score (nSPS) is 21.1. The maximum absolute atomic E-state index is 12.9. The number of rotatable bonds is 7. The number of amides is 1. The van der Waals surface area contributed by atoms with Crippen LogP contribution in [0.15, 0.2) is 30.3 Å². The predicted octanol–water partition coefficient (Wildman–Crippen LogP) is 3.37. The molecule has 1 amide bonds. The topological polar surface area (TPSA) is 76.4 Å². The zero-order valence-electron chi connectivity index (χ0n) is 16.7. The van der Waals surface area contributed by atoms with Crippen molar-refractivity contribution in [2.75, 3.05) is 26.3 Å². The van der Waals surface area contributed by atoms with Crippen molar-refractivity contribution >= 4 is 30.7 Å². The second kappa shape index (κ2) is 11.4. The molecule has 1 unspecified atom stereocenters. The van der Waals surface area contributed by atoms with Gasteiger partial charge in [0, 0.05) is 37.9 Å². The second-order valence-corrected chi connectivity index (χ2v) is 8.04. The van der Waals surface area contributed by atoms with Crippen molar-refractivity contribution in [1.29, 1.82) is 0 Å². The third-order valence-electron chi connectivity index (χ3n) is 6.29. The predicted molar refractivity (Wildman–Crippen MR) is 118 cm³/mol. The van der Waals surface area contributed by atoms with Crippen LogP contribution in [0.1, 0.15) is 57.1 Å². The van der Waals surface area contributed by atoms with E-state index >= 15 is 0 Å². The molecule has 1 saturated carbocycles. The van der Waals surface area contributed by atoms with E-state index in [-0.39, 0.29) is 42.3 Å². The van der Waals surface area contributed by atoms with Crippen LogP contribution in [0.25, 0.3) is 0 Å².